The van der Waals surface area contributed by atoms with Crippen molar-refractivity contribution in [3.63, 3.8) is 0 Å². The van der Waals surface area contributed by atoms with Crippen LogP contribution in [-0.2, 0) is 13.0 Å². The summed E-state index contributed by atoms with van der Waals surface area (Å²) in [5.74, 6) is 1.46. The highest BCUT2D eigenvalue weighted by molar-refractivity contribution is 5.94. The van der Waals surface area contributed by atoms with Crippen LogP contribution in [0.25, 0.3) is 11.4 Å². The number of hydrogen-bond donors (Lipinski definition) is 2. The summed E-state index contributed by atoms with van der Waals surface area (Å²) in [7, 11) is 0. The predicted molar refractivity (Wildman–Crippen MR) is 115 cm³/mol. The lowest BCUT2D eigenvalue weighted by molar-refractivity contribution is 0.0949. The Labute approximate surface area is 171 Å². The van der Waals surface area contributed by atoms with Crippen molar-refractivity contribution < 1.29 is 9.32 Å². The summed E-state index contributed by atoms with van der Waals surface area (Å²) < 4.78 is 5.37. The van der Waals surface area contributed by atoms with Gasteiger partial charge in [-0.2, -0.15) is 4.98 Å². The number of nitrogens with zero attached hydrogens (tertiary/aromatic N) is 2. The molecule has 29 heavy (non-hydrogen) atoms. The molecule has 0 aliphatic rings. The van der Waals surface area contributed by atoms with Crippen LogP contribution in [0, 0.1) is 12.8 Å². The first kappa shape index (κ1) is 20.6. The molecule has 0 bridgehead atoms. The SMILES string of the molecule is CCc1ccc(-c2noc(CNc3ccc(C(=O)NCC(C)C)cc3C)n2)cc1. The number of aromatic nitrogens is 2. The van der Waals surface area contributed by atoms with Crippen molar-refractivity contribution in [3.05, 3.63) is 65.0 Å². The van der Waals surface area contributed by atoms with Gasteiger partial charge in [-0.15, -0.1) is 0 Å². The molecule has 2 aromatic carbocycles. The number of nitrogens with one attached hydrogen (secondary N) is 2. The third-order valence-corrected chi connectivity index (χ3v) is 4.68. The van der Waals surface area contributed by atoms with Crippen molar-refractivity contribution >= 4 is 11.6 Å². The van der Waals surface area contributed by atoms with E-state index in [-0.39, 0.29) is 5.91 Å². The second-order valence-electron chi connectivity index (χ2n) is 7.55. The number of hydrogen-bond acceptors (Lipinski definition) is 5. The lowest BCUT2D eigenvalue weighted by atomic mass is 10.1. The molecule has 0 unspecified atom stereocenters. The maximum Gasteiger partial charge on any atom is 0.251 e. The fourth-order valence-corrected chi connectivity index (χ4v) is 2.91. The van der Waals surface area contributed by atoms with Crippen molar-refractivity contribution in [1.29, 1.82) is 0 Å². The molecular formula is C23H28N4O2. The molecule has 152 valence electrons. The van der Waals surface area contributed by atoms with Crippen LogP contribution < -0.4 is 10.6 Å². The predicted octanol–water partition coefficient (Wildman–Crippen LogP) is 4.61. The number of aryl methyl sites for hydroxylation is 2. The Hall–Kier alpha value is -3.15. The van der Waals surface area contributed by atoms with E-state index in [1.165, 1.54) is 5.56 Å². The molecule has 0 atom stereocenters. The van der Waals surface area contributed by atoms with E-state index >= 15 is 0 Å². The Morgan fingerprint density at radius 2 is 1.90 bits per heavy atom. The van der Waals surface area contributed by atoms with Gasteiger partial charge in [0.1, 0.15) is 0 Å². The van der Waals surface area contributed by atoms with Crippen LogP contribution in [0.5, 0.6) is 0 Å². The van der Waals surface area contributed by atoms with Crippen LogP contribution in [-0.4, -0.2) is 22.6 Å². The van der Waals surface area contributed by atoms with Gasteiger partial charge in [-0.25, -0.2) is 0 Å². The average Bonchev–Trinajstić information content (AvgIpc) is 3.20. The van der Waals surface area contributed by atoms with Crippen LogP contribution in [0.3, 0.4) is 0 Å². The molecule has 0 spiro atoms. The summed E-state index contributed by atoms with van der Waals surface area (Å²) in [5.41, 5.74) is 4.78. The lowest BCUT2D eigenvalue weighted by Gasteiger charge is -2.11. The Kier molecular flexibility index (Phi) is 6.65. The standard InChI is InChI=1S/C23H28N4O2/c1-5-17-6-8-18(9-7-17)22-26-21(29-27-22)14-24-20-11-10-19(12-16(20)4)23(28)25-13-15(2)3/h6-12,15,24H,5,13-14H2,1-4H3,(H,25,28). The zero-order valence-corrected chi connectivity index (χ0v) is 17.5. The first-order valence-corrected chi connectivity index (χ1v) is 10.0. The summed E-state index contributed by atoms with van der Waals surface area (Å²) in [6.07, 6.45) is 0.999. The highest BCUT2D eigenvalue weighted by Crippen LogP contribution is 2.20. The van der Waals surface area contributed by atoms with Crippen LogP contribution in [0.1, 0.15) is 48.1 Å². The number of carbonyl (C=O) groups is 1. The second kappa shape index (κ2) is 9.37. The number of carbonyl (C=O) groups excluding carboxylic acids is 1. The second-order valence-corrected chi connectivity index (χ2v) is 7.55. The summed E-state index contributed by atoms with van der Waals surface area (Å²) in [6, 6.07) is 13.8. The van der Waals surface area contributed by atoms with Gasteiger partial charge in [-0.3, -0.25) is 4.79 Å². The topological polar surface area (TPSA) is 80.0 Å². The van der Waals surface area contributed by atoms with Crippen LogP contribution in [0.2, 0.25) is 0 Å². The minimum atomic E-state index is -0.0519. The van der Waals surface area contributed by atoms with Crippen LogP contribution in [0.15, 0.2) is 47.0 Å². The quantitative estimate of drug-likeness (QED) is 0.585. The number of anilines is 1. The fraction of sp³-hybridized carbons (Fsp3) is 0.348. The molecule has 1 heterocycles. The van der Waals surface area contributed by atoms with Crippen molar-refractivity contribution in [2.45, 2.75) is 40.7 Å². The Morgan fingerprint density at radius 3 is 2.55 bits per heavy atom. The first-order chi connectivity index (χ1) is 14.0. The van der Waals surface area contributed by atoms with Crippen LogP contribution in [0.4, 0.5) is 5.69 Å². The van der Waals surface area contributed by atoms with Crippen molar-refractivity contribution in [2.75, 3.05) is 11.9 Å². The molecule has 0 aliphatic heterocycles. The van der Waals surface area contributed by atoms with Gasteiger partial charge < -0.3 is 15.2 Å². The third-order valence-electron chi connectivity index (χ3n) is 4.68. The van der Waals surface area contributed by atoms with Gasteiger partial charge in [0, 0.05) is 23.4 Å². The van der Waals surface area contributed by atoms with E-state index in [1.807, 2.05) is 37.3 Å². The molecule has 3 rings (SSSR count). The van der Waals surface area contributed by atoms with E-state index < -0.39 is 0 Å². The zero-order chi connectivity index (χ0) is 20.8. The van der Waals surface area contributed by atoms with Gasteiger partial charge in [-0.1, -0.05) is 50.2 Å². The maximum atomic E-state index is 12.2. The Bertz CT molecular complexity index is 961. The summed E-state index contributed by atoms with van der Waals surface area (Å²) >= 11 is 0. The van der Waals surface area contributed by atoms with Gasteiger partial charge in [0.25, 0.3) is 5.91 Å². The molecule has 0 saturated heterocycles. The minimum absolute atomic E-state index is 0.0519. The normalized spacial score (nSPS) is 10.9. The average molecular weight is 393 g/mol. The lowest BCUT2D eigenvalue weighted by Crippen LogP contribution is -2.27. The Morgan fingerprint density at radius 1 is 1.14 bits per heavy atom. The fourth-order valence-electron chi connectivity index (χ4n) is 2.91. The summed E-state index contributed by atoms with van der Waals surface area (Å²) in [6.45, 7) is 9.32. The zero-order valence-electron chi connectivity index (χ0n) is 17.5. The van der Waals surface area contributed by atoms with Crippen LogP contribution >= 0.6 is 0 Å². The van der Waals surface area contributed by atoms with E-state index in [9.17, 15) is 4.79 Å². The van der Waals surface area contributed by atoms with E-state index in [4.69, 9.17) is 4.52 Å². The van der Waals surface area contributed by atoms with Gasteiger partial charge in [0.15, 0.2) is 0 Å². The minimum Gasteiger partial charge on any atom is -0.376 e. The highest BCUT2D eigenvalue weighted by Gasteiger charge is 2.11. The van der Waals surface area contributed by atoms with Gasteiger partial charge >= 0.3 is 0 Å². The van der Waals surface area contributed by atoms with Crippen molar-refractivity contribution in [3.8, 4) is 11.4 Å². The molecular weight excluding hydrogens is 364 g/mol. The van der Waals surface area contributed by atoms with E-state index in [2.05, 4.69) is 53.7 Å². The maximum absolute atomic E-state index is 12.2. The molecule has 1 amide bonds. The smallest absolute Gasteiger partial charge is 0.251 e. The monoisotopic (exact) mass is 392 g/mol. The summed E-state index contributed by atoms with van der Waals surface area (Å²) in [4.78, 5) is 16.7. The number of benzene rings is 2. The van der Waals surface area contributed by atoms with Crippen molar-refractivity contribution in [2.24, 2.45) is 5.92 Å². The molecule has 3 aromatic rings. The summed E-state index contributed by atoms with van der Waals surface area (Å²) in [5, 5.41) is 10.3. The third kappa shape index (κ3) is 5.44. The van der Waals surface area contributed by atoms with E-state index in [0.29, 0.717) is 36.3 Å². The molecule has 0 fully saturated rings. The van der Waals surface area contributed by atoms with Gasteiger partial charge in [0.05, 0.1) is 6.54 Å². The Balaban J connectivity index is 1.61. The first-order valence-electron chi connectivity index (χ1n) is 10.0. The molecule has 2 N–H and O–H groups in total. The van der Waals surface area contributed by atoms with Gasteiger partial charge in [0.2, 0.25) is 11.7 Å². The number of rotatable bonds is 8. The van der Waals surface area contributed by atoms with Gasteiger partial charge in [-0.05, 0) is 48.6 Å². The molecule has 0 saturated carbocycles. The molecule has 1 aromatic heterocycles. The number of amides is 1. The highest BCUT2D eigenvalue weighted by atomic mass is 16.5. The molecule has 6 heteroatoms. The molecule has 0 radical (unpaired) electrons. The van der Waals surface area contributed by atoms with E-state index in [0.717, 1.165) is 23.2 Å². The molecule has 0 aliphatic carbocycles. The largest absolute Gasteiger partial charge is 0.376 e. The molecule has 6 nitrogen and oxygen atoms in total. The van der Waals surface area contributed by atoms with Crippen molar-refractivity contribution in [1.82, 2.24) is 15.5 Å². The van der Waals surface area contributed by atoms with E-state index in [1.54, 1.807) is 0 Å².